The predicted molar refractivity (Wildman–Crippen MR) is 135 cm³/mol. The maximum Gasteiger partial charge on any atom is 0.407 e. The molecule has 1 amide bonds. The number of carbonyl (C=O) groups is 2. The normalized spacial score (nSPS) is 16.4. The minimum absolute atomic E-state index is 0.112. The summed E-state index contributed by atoms with van der Waals surface area (Å²) < 4.78 is 8.73. The van der Waals surface area contributed by atoms with Crippen LogP contribution in [-0.4, -0.2) is 51.2 Å². The molecule has 9 nitrogen and oxygen atoms in total. The average Bonchev–Trinajstić information content (AvgIpc) is 3.15. The molecule has 0 radical (unpaired) electrons. The number of hydrogen-bond acceptors (Lipinski definition) is 6. The third-order valence-corrected chi connectivity index (χ3v) is 6.29. The highest BCUT2D eigenvalue weighted by atomic mass is 16.6. The highest BCUT2D eigenvalue weighted by molar-refractivity contribution is 5.84. The molecular formula is C26H33N5O4. The summed E-state index contributed by atoms with van der Waals surface area (Å²) in [6.07, 6.45) is 1.90. The molecule has 2 aromatic heterocycles. The molecule has 1 aliphatic rings. The summed E-state index contributed by atoms with van der Waals surface area (Å²) in [6, 6.07) is 9.58. The van der Waals surface area contributed by atoms with Crippen LogP contribution in [0.3, 0.4) is 0 Å². The molecule has 3 heterocycles. The number of amides is 1. The lowest BCUT2D eigenvalue weighted by molar-refractivity contribution is 0.0499. The van der Waals surface area contributed by atoms with Crippen molar-refractivity contribution < 1.29 is 14.3 Å². The second-order valence-corrected chi connectivity index (χ2v) is 10.1. The number of hydrogen-bond donors (Lipinski definition) is 1. The fourth-order valence-corrected chi connectivity index (χ4v) is 4.51. The van der Waals surface area contributed by atoms with Gasteiger partial charge in [0.2, 0.25) is 5.95 Å². The number of ether oxygens (including phenoxy) is 1. The van der Waals surface area contributed by atoms with Gasteiger partial charge in [-0.05, 0) is 57.7 Å². The molecule has 0 aliphatic carbocycles. The molecule has 1 aliphatic heterocycles. The van der Waals surface area contributed by atoms with Crippen LogP contribution >= 0.6 is 0 Å². The first kappa shape index (κ1) is 24.5. The SMILES string of the molecule is Cc1ccccc1Cn1c(N2CCC[C@@H](NC(=O)OC(C)(C)C)C2)nc2cc(C=O)n(C)c(=O)c21. The molecule has 1 saturated heterocycles. The van der Waals surface area contributed by atoms with Gasteiger partial charge in [0.25, 0.3) is 5.56 Å². The Balaban J connectivity index is 1.74. The van der Waals surface area contributed by atoms with Crippen LogP contribution in [0.2, 0.25) is 0 Å². The van der Waals surface area contributed by atoms with Gasteiger partial charge in [-0.1, -0.05) is 24.3 Å². The van der Waals surface area contributed by atoms with Gasteiger partial charge in [-0.25, -0.2) is 9.78 Å². The minimum Gasteiger partial charge on any atom is -0.444 e. The fourth-order valence-electron chi connectivity index (χ4n) is 4.51. The molecule has 35 heavy (non-hydrogen) atoms. The Bertz CT molecular complexity index is 1320. The van der Waals surface area contributed by atoms with E-state index in [4.69, 9.17) is 9.72 Å². The maximum absolute atomic E-state index is 13.3. The summed E-state index contributed by atoms with van der Waals surface area (Å²) in [5, 5.41) is 2.97. The first-order valence-electron chi connectivity index (χ1n) is 11.9. The summed E-state index contributed by atoms with van der Waals surface area (Å²) in [6.45, 7) is 9.29. The van der Waals surface area contributed by atoms with Gasteiger partial charge in [0.05, 0.1) is 17.8 Å². The van der Waals surface area contributed by atoms with Crippen LogP contribution in [-0.2, 0) is 18.3 Å². The van der Waals surface area contributed by atoms with Gasteiger partial charge in [-0.2, -0.15) is 0 Å². The van der Waals surface area contributed by atoms with Gasteiger partial charge < -0.3 is 24.1 Å². The van der Waals surface area contributed by atoms with E-state index in [0.717, 1.165) is 30.5 Å². The van der Waals surface area contributed by atoms with Gasteiger partial charge in [-0.15, -0.1) is 0 Å². The van der Waals surface area contributed by atoms with Crippen molar-refractivity contribution in [2.75, 3.05) is 18.0 Å². The van der Waals surface area contributed by atoms with Crippen LogP contribution in [0.1, 0.15) is 55.2 Å². The monoisotopic (exact) mass is 479 g/mol. The summed E-state index contributed by atoms with van der Waals surface area (Å²) in [5.74, 6) is 0.652. The molecule has 3 aromatic rings. The standard InChI is InChI=1S/C26H33N5O4/c1-17-9-6-7-10-18(17)14-31-22-21(13-20(16-32)29(5)23(22)33)28-24(31)30-12-8-11-19(15-30)27-25(34)35-26(2,3)4/h6-7,9-10,13,16,19H,8,11-12,14-15H2,1-5H3,(H,27,34)/t19-/m1/s1. The van der Waals surface area contributed by atoms with Crippen molar-refractivity contribution in [3.8, 4) is 0 Å². The van der Waals surface area contributed by atoms with Crippen LogP contribution in [0.15, 0.2) is 35.1 Å². The topological polar surface area (TPSA) is 98.5 Å². The van der Waals surface area contributed by atoms with Gasteiger partial charge in [-0.3, -0.25) is 9.59 Å². The largest absolute Gasteiger partial charge is 0.444 e. The summed E-state index contributed by atoms with van der Waals surface area (Å²) in [7, 11) is 1.60. The lowest BCUT2D eigenvalue weighted by Crippen LogP contribution is -2.49. The van der Waals surface area contributed by atoms with E-state index in [1.54, 1.807) is 13.1 Å². The predicted octanol–water partition coefficient (Wildman–Crippen LogP) is 3.40. The second-order valence-electron chi connectivity index (χ2n) is 10.1. The van der Waals surface area contributed by atoms with Gasteiger partial charge in [0.15, 0.2) is 6.29 Å². The molecule has 0 spiro atoms. The quantitative estimate of drug-likeness (QED) is 0.563. The molecule has 9 heteroatoms. The Hall–Kier alpha value is -3.62. The first-order chi connectivity index (χ1) is 16.6. The zero-order valence-electron chi connectivity index (χ0n) is 21.0. The van der Waals surface area contributed by atoms with E-state index in [2.05, 4.69) is 10.2 Å². The number of aryl methyl sites for hydroxylation is 1. The van der Waals surface area contributed by atoms with Crippen LogP contribution in [0, 0.1) is 6.92 Å². The second kappa shape index (κ2) is 9.56. The molecule has 4 rings (SSSR count). The fraction of sp³-hybridized carbons (Fsp3) is 0.462. The van der Waals surface area contributed by atoms with E-state index in [9.17, 15) is 14.4 Å². The molecule has 1 N–H and O–H groups in total. The number of carbonyl (C=O) groups excluding carboxylic acids is 2. The number of rotatable bonds is 5. The molecule has 1 fully saturated rings. The van der Waals surface area contributed by atoms with Crippen molar-refractivity contribution in [2.24, 2.45) is 7.05 Å². The van der Waals surface area contributed by atoms with Crippen molar-refractivity contribution >= 4 is 29.4 Å². The zero-order chi connectivity index (χ0) is 25.3. The number of pyridine rings is 1. The highest BCUT2D eigenvalue weighted by Crippen LogP contribution is 2.26. The van der Waals surface area contributed by atoms with Crippen molar-refractivity contribution in [1.82, 2.24) is 19.4 Å². The number of anilines is 1. The number of benzene rings is 1. The molecule has 0 bridgehead atoms. The van der Waals surface area contributed by atoms with Crippen molar-refractivity contribution in [3.05, 3.63) is 57.5 Å². The number of piperidine rings is 1. The summed E-state index contributed by atoms with van der Waals surface area (Å²) >= 11 is 0. The molecule has 0 saturated carbocycles. The van der Waals surface area contributed by atoms with E-state index in [0.29, 0.717) is 36.4 Å². The summed E-state index contributed by atoms with van der Waals surface area (Å²) in [4.78, 5) is 44.1. The Morgan fingerprint density at radius 2 is 2.03 bits per heavy atom. The lowest BCUT2D eigenvalue weighted by Gasteiger charge is -2.34. The van der Waals surface area contributed by atoms with Crippen LogP contribution in [0.5, 0.6) is 0 Å². The van der Waals surface area contributed by atoms with Gasteiger partial charge in [0, 0.05) is 26.2 Å². The first-order valence-corrected chi connectivity index (χ1v) is 11.9. The summed E-state index contributed by atoms with van der Waals surface area (Å²) in [5.41, 5.74) is 2.57. The third kappa shape index (κ3) is 5.23. The number of aldehydes is 1. The number of fused-ring (bicyclic) bond motifs is 1. The number of nitrogens with one attached hydrogen (secondary N) is 1. The molecular weight excluding hydrogens is 446 g/mol. The van der Waals surface area contributed by atoms with E-state index >= 15 is 0 Å². The van der Waals surface area contributed by atoms with Crippen molar-refractivity contribution in [3.63, 3.8) is 0 Å². The minimum atomic E-state index is -0.573. The Morgan fingerprint density at radius 3 is 2.71 bits per heavy atom. The zero-order valence-corrected chi connectivity index (χ0v) is 21.0. The van der Waals surface area contributed by atoms with E-state index < -0.39 is 11.7 Å². The van der Waals surface area contributed by atoms with Crippen LogP contribution < -0.4 is 15.8 Å². The molecule has 186 valence electrons. The van der Waals surface area contributed by atoms with E-state index in [1.165, 1.54) is 4.57 Å². The van der Waals surface area contributed by atoms with Crippen LogP contribution in [0.25, 0.3) is 11.0 Å². The average molecular weight is 480 g/mol. The highest BCUT2D eigenvalue weighted by Gasteiger charge is 2.28. The van der Waals surface area contributed by atoms with Gasteiger partial charge in [0.1, 0.15) is 11.1 Å². The van der Waals surface area contributed by atoms with E-state index in [1.807, 2.05) is 56.5 Å². The number of nitrogens with zero attached hydrogens (tertiary/aromatic N) is 4. The number of alkyl carbamates (subject to hydrolysis) is 1. The van der Waals surface area contributed by atoms with Gasteiger partial charge >= 0.3 is 6.09 Å². The number of aromatic nitrogens is 3. The van der Waals surface area contributed by atoms with Crippen molar-refractivity contribution in [1.29, 1.82) is 0 Å². The molecule has 0 unspecified atom stereocenters. The van der Waals surface area contributed by atoms with Crippen molar-refractivity contribution in [2.45, 2.75) is 58.7 Å². The Labute approximate surface area is 204 Å². The Kier molecular flexibility index (Phi) is 6.69. The molecule has 1 atom stereocenters. The smallest absolute Gasteiger partial charge is 0.407 e. The Morgan fingerprint density at radius 1 is 1.29 bits per heavy atom. The molecule has 1 aromatic carbocycles. The van der Waals surface area contributed by atoms with Crippen LogP contribution in [0.4, 0.5) is 10.7 Å². The number of imidazole rings is 1. The maximum atomic E-state index is 13.3. The lowest BCUT2D eigenvalue weighted by atomic mass is 10.1. The third-order valence-electron chi connectivity index (χ3n) is 6.29. The van der Waals surface area contributed by atoms with E-state index in [-0.39, 0.29) is 17.3 Å².